The van der Waals surface area contributed by atoms with E-state index in [0.717, 1.165) is 15.1 Å². The summed E-state index contributed by atoms with van der Waals surface area (Å²) in [7, 11) is 0. The Labute approximate surface area is 101 Å². The average Bonchev–Trinajstić information content (AvgIpc) is 2.08. The van der Waals surface area contributed by atoms with E-state index in [9.17, 15) is 4.79 Å². The maximum absolute atomic E-state index is 10.7. The van der Waals surface area contributed by atoms with Crippen LogP contribution in [0.1, 0.15) is 24.3 Å². The highest BCUT2D eigenvalue weighted by Gasteiger charge is 2.36. The van der Waals surface area contributed by atoms with Gasteiger partial charge in [0.25, 0.3) is 0 Å². The van der Waals surface area contributed by atoms with Gasteiger partial charge in [-0.25, -0.2) is 0 Å². The summed E-state index contributed by atoms with van der Waals surface area (Å²) in [6.07, 6.45) is 1.40. The van der Waals surface area contributed by atoms with Crippen molar-refractivity contribution in [2.24, 2.45) is 5.92 Å². The zero-order valence-electron chi connectivity index (χ0n) is 7.91. The normalized spacial score (nSPS) is 24.7. The predicted octanol–water partition coefficient (Wildman–Crippen LogP) is 3.68. The van der Waals surface area contributed by atoms with Crippen LogP contribution >= 0.6 is 27.5 Å². The minimum atomic E-state index is -0.697. The number of carbonyl (C=O) groups is 1. The van der Waals surface area contributed by atoms with Gasteiger partial charge in [0.05, 0.1) is 5.92 Å². The van der Waals surface area contributed by atoms with Crippen LogP contribution in [0.4, 0.5) is 0 Å². The van der Waals surface area contributed by atoms with Crippen molar-refractivity contribution in [2.75, 3.05) is 0 Å². The fourth-order valence-corrected chi connectivity index (χ4v) is 2.55. The summed E-state index contributed by atoms with van der Waals surface area (Å²) in [6.45, 7) is 0. The maximum Gasteiger partial charge on any atom is 0.306 e. The quantitative estimate of drug-likeness (QED) is 0.902. The first-order chi connectivity index (χ1) is 7.08. The number of rotatable bonds is 2. The minimum absolute atomic E-state index is 0.190. The number of benzene rings is 1. The van der Waals surface area contributed by atoms with Crippen LogP contribution in [0.15, 0.2) is 22.7 Å². The molecule has 0 bridgehead atoms. The molecule has 1 fully saturated rings. The average molecular weight is 290 g/mol. The van der Waals surface area contributed by atoms with Crippen LogP contribution in [0.5, 0.6) is 0 Å². The first kappa shape index (κ1) is 11.0. The van der Waals surface area contributed by atoms with E-state index in [1.807, 2.05) is 18.2 Å². The van der Waals surface area contributed by atoms with Gasteiger partial charge in [-0.3, -0.25) is 4.79 Å². The van der Waals surface area contributed by atoms with Gasteiger partial charge in [-0.05, 0) is 42.5 Å². The third-order valence-corrected chi connectivity index (χ3v) is 3.72. The fraction of sp³-hybridized carbons (Fsp3) is 0.364. The second-order valence-electron chi connectivity index (χ2n) is 3.87. The molecular formula is C11H10BrClO2. The van der Waals surface area contributed by atoms with Gasteiger partial charge in [-0.2, -0.15) is 0 Å². The summed E-state index contributed by atoms with van der Waals surface area (Å²) < 4.78 is 0.987. The van der Waals surface area contributed by atoms with Crippen molar-refractivity contribution in [3.05, 3.63) is 33.3 Å². The highest BCUT2D eigenvalue weighted by atomic mass is 79.9. The summed E-state index contributed by atoms with van der Waals surface area (Å²) >= 11 is 9.45. The number of carboxylic acids is 1. The summed E-state index contributed by atoms with van der Waals surface area (Å²) in [4.78, 5) is 10.7. The van der Waals surface area contributed by atoms with Crippen molar-refractivity contribution < 1.29 is 9.90 Å². The highest BCUT2D eigenvalue weighted by molar-refractivity contribution is 9.10. The van der Waals surface area contributed by atoms with Gasteiger partial charge in [0, 0.05) is 9.50 Å². The molecule has 1 aromatic rings. The summed E-state index contributed by atoms with van der Waals surface area (Å²) in [6, 6.07) is 5.71. The molecular weight excluding hydrogens is 279 g/mol. The van der Waals surface area contributed by atoms with Gasteiger partial charge in [0.2, 0.25) is 0 Å². The van der Waals surface area contributed by atoms with E-state index in [1.54, 1.807) is 0 Å². The molecule has 2 rings (SSSR count). The molecule has 80 valence electrons. The van der Waals surface area contributed by atoms with Gasteiger partial charge in [-0.1, -0.05) is 27.5 Å². The predicted molar refractivity (Wildman–Crippen MR) is 62.3 cm³/mol. The molecule has 1 aliphatic rings. The lowest BCUT2D eigenvalue weighted by Crippen LogP contribution is -2.28. The van der Waals surface area contributed by atoms with Crippen LogP contribution in [0.25, 0.3) is 0 Å². The van der Waals surface area contributed by atoms with E-state index < -0.39 is 5.97 Å². The Bertz CT molecular complexity index is 400. The first-order valence-corrected chi connectivity index (χ1v) is 5.93. The smallest absolute Gasteiger partial charge is 0.306 e. The molecule has 0 aromatic heterocycles. The van der Waals surface area contributed by atoms with Crippen molar-refractivity contribution in [2.45, 2.75) is 18.8 Å². The molecule has 0 amide bonds. The molecule has 1 aromatic carbocycles. The lowest BCUT2D eigenvalue weighted by molar-refractivity contribution is -0.145. The van der Waals surface area contributed by atoms with Gasteiger partial charge in [0.1, 0.15) is 0 Å². The van der Waals surface area contributed by atoms with Crippen molar-refractivity contribution in [1.82, 2.24) is 0 Å². The second-order valence-corrected chi connectivity index (χ2v) is 5.19. The number of hydrogen-bond acceptors (Lipinski definition) is 1. The van der Waals surface area contributed by atoms with E-state index in [0.29, 0.717) is 18.8 Å². The Hall–Kier alpha value is -0.540. The van der Waals surface area contributed by atoms with Crippen LogP contribution in [-0.4, -0.2) is 11.1 Å². The number of carboxylic acid groups (broad SMARTS) is 1. The Balaban J connectivity index is 2.12. The molecule has 1 saturated carbocycles. The number of halogens is 2. The molecule has 1 aliphatic carbocycles. The Kier molecular flexibility index (Phi) is 3.03. The molecule has 0 radical (unpaired) electrons. The van der Waals surface area contributed by atoms with Crippen molar-refractivity contribution in [1.29, 1.82) is 0 Å². The third kappa shape index (κ3) is 2.18. The van der Waals surface area contributed by atoms with Crippen LogP contribution in [0.2, 0.25) is 5.02 Å². The van der Waals surface area contributed by atoms with Crippen molar-refractivity contribution in [3.63, 3.8) is 0 Å². The van der Waals surface area contributed by atoms with Crippen molar-refractivity contribution >= 4 is 33.5 Å². The van der Waals surface area contributed by atoms with Gasteiger partial charge in [0.15, 0.2) is 0 Å². The van der Waals surface area contributed by atoms with Crippen LogP contribution in [0, 0.1) is 5.92 Å². The Morgan fingerprint density at radius 1 is 1.47 bits per heavy atom. The lowest BCUT2D eigenvalue weighted by Gasteiger charge is -2.33. The van der Waals surface area contributed by atoms with E-state index in [2.05, 4.69) is 15.9 Å². The molecule has 2 nitrogen and oxygen atoms in total. The third-order valence-electron chi connectivity index (χ3n) is 2.89. The zero-order chi connectivity index (χ0) is 11.0. The molecule has 15 heavy (non-hydrogen) atoms. The SMILES string of the molecule is O=C(O)C1CC(c2cc(Br)ccc2Cl)C1. The summed E-state index contributed by atoms with van der Waals surface area (Å²) in [5.41, 5.74) is 1.06. The largest absolute Gasteiger partial charge is 0.481 e. The Morgan fingerprint density at radius 3 is 2.73 bits per heavy atom. The topological polar surface area (TPSA) is 37.3 Å². The molecule has 4 heteroatoms. The molecule has 0 saturated heterocycles. The molecule has 0 heterocycles. The molecule has 0 atom stereocenters. The number of aliphatic carboxylic acids is 1. The lowest BCUT2D eigenvalue weighted by atomic mass is 9.71. The molecule has 0 unspecified atom stereocenters. The second kappa shape index (κ2) is 4.14. The van der Waals surface area contributed by atoms with Gasteiger partial charge >= 0.3 is 5.97 Å². The van der Waals surface area contributed by atoms with Crippen LogP contribution in [0.3, 0.4) is 0 Å². The Morgan fingerprint density at radius 2 is 2.13 bits per heavy atom. The summed E-state index contributed by atoms with van der Waals surface area (Å²) in [5.74, 6) is -0.585. The zero-order valence-corrected chi connectivity index (χ0v) is 10.3. The van der Waals surface area contributed by atoms with Crippen molar-refractivity contribution in [3.8, 4) is 0 Å². The van der Waals surface area contributed by atoms with Gasteiger partial charge < -0.3 is 5.11 Å². The fourth-order valence-electron chi connectivity index (χ4n) is 1.90. The van der Waals surface area contributed by atoms with E-state index in [1.165, 1.54) is 0 Å². The molecule has 1 N–H and O–H groups in total. The maximum atomic E-state index is 10.7. The van der Waals surface area contributed by atoms with Crippen LogP contribution < -0.4 is 0 Å². The molecule has 0 spiro atoms. The van der Waals surface area contributed by atoms with E-state index in [-0.39, 0.29) is 5.92 Å². The first-order valence-electron chi connectivity index (χ1n) is 4.75. The van der Waals surface area contributed by atoms with Gasteiger partial charge in [-0.15, -0.1) is 0 Å². The highest BCUT2D eigenvalue weighted by Crippen LogP contribution is 2.44. The van der Waals surface area contributed by atoms with E-state index >= 15 is 0 Å². The standard InChI is InChI=1S/C11H10BrClO2/c12-8-1-2-10(13)9(5-8)6-3-7(4-6)11(14)15/h1-2,5-7H,3-4H2,(H,14,15). The molecule has 0 aliphatic heterocycles. The minimum Gasteiger partial charge on any atom is -0.481 e. The van der Waals surface area contributed by atoms with Crippen LogP contribution in [-0.2, 0) is 4.79 Å². The van der Waals surface area contributed by atoms with E-state index in [4.69, 9.17) is 16.7 Å². The summed E-state index contributed by atoms with van der Waals surface area (Å²) in [5, 5.41) is 9.51. The monoisotopic (exact) mass is 288 g/mol. The number of hydrogen-bond donors (Lipinski definition) is 1.